The van der Waals surface area contributed by atoms with E-state index in [0.717, 1.165) is 31.3 Å². The molecular weight excluding hydrogens is 372 g/mol. The van der Waals surface area contributed by atoms with Crippen LogP contribution < -0.4 is 0 Å². The van der Waals surface area contributed by atoms with Crippen LogP contribution >= 0.6 is 0 Å². The van der Waals surface area contributed by atoms with Gasteiger partial charge in [-0.15, -0.1) is 0 Å². The summed E-state index contributed by atoms with van der Waals surface area (Å²) in [4.78, 5) is 25.7. The van der Waals surface area contributed by atoms with Crippen molar-refractivity contribution in [1.29, 1.82) is 0 Å². The van der Waals surface area contributed by atoms with Crippen LogP contribution in [0.1, 0.15) is 46.0 Å². The van der Waals surface area contributed by atoms with Gasteiger partial charge in [-0.3, -0.25) is 9.59 Å². The molecule has 6 nitrogen and oxygen atoms in total. The summed E-state index contributed by atoms with van der Waals surface area (Å²) < 4.78 is 23.9. The van der Waals surface area contributed by atoms with E-state index in [9.17, 15) is 9.59 Å². The predicted molar refractivity (Wildman–Crippen MR) is 101 cm³/mol. The van der Waals surface area contributed by atoms with Crippen molar-refractivity contribution in [2.75, 3.05) is 20.2 Å². The zero-order valence-electron chi connectivity index (χ0n) is 17.1. The second kappa shape index (κ2) is 5.67. The van der Waals surface area contributed by atoms with Gasteiger partial charge in [0.25, 0.3) is 0 Å². The average Bonchev–Trinajstić information content (AvgIpc) is 3.37. The van der Waals surface area contributed by atoms with Gasteiger partial charge >= 0.3 is 0 Å². The Balaban J connectivity index is 1.42. The first-order valence-electron chi connectivity index (χ1n) is 10.8. The van der Waals surface area contributed by atoms with Crippen molar-refractivity contribution in [3.63, 3.8) is 0 Å². The molecule has 4 aliphatic carbocycles. The van der Waals surface area contributed by atoms with Crippen molar-refractivity contribution < 1.29 is 28.5 Å². The molecule has 29 heavy (non-hydrogen) atoms. The third-order valence-electron chi connectivity index (χ3n) is 9.26. The molecule has 5 fully saturated rings. The van der Waals surface area contributed by atoms with Gasteiger partial charge in [-0.05, 0) is 49.7 Å². The SMILES string of the molecule is C[C@]12C=CC(=O)C=C1CC[C@@H]1[C@@H]2C(=O)C[C@@]2(C)[C@H]1CC[C@]21OCO[C@]12COCO2. The second-order valence-corrected chi connectivity index (χ2v) is 10.2. The standard InChI is InChI=1S/C23H28O6/c1-20-7-5-15(24)9-14(20)3-4-16-17-6-8-22(21(17,2)10-18(25)19(16)20)23(29-13-27-22)11-26-12-28-23/h5,7,9,16-17,19H,3-4,6,8,10-13H2,1-2H3/t16-,17-,19+,20-,21-,22-,23+/m0/s1. The van der Waals surface area contributed by atoms with Crippen molar-refractivity contribution in [2.45, 2.75) is 57.3 Å². The number of carbonyl (C=O) groups is 2. The number of Topliss-reactive ketones (excluding diaryl/α,β-unsaturated/α-hetero) is 1. The lowest BCUT2D eigenvalue weighted by molar-refractivity contribution is -0.245. The van der Waals surface area contributed by atoms with E-state index < -0.39 is 11.4 Å². The third kappa shape index (κ3) is 2.02. The van der Waals surface area contributed by atoms with Gasteiger partial charge in [0.15, 0.2) is 19.4 Å². The van der Waals surface area contributed by atoms with E-state index >= 15 is 0 Å². The monoisotopic (exact) mass is 400 g/mol. The summed E-state index contributed by atoms with van der Waals surface area (Å²) in [5.41, 5.74) is -0.207. The van der Waals surface area contributed by atoms with Gasteiger partial charge in [0.05, 0.1) is 0 Å². The lowest BCUT2D eigenvalue weighted by atomic mass is 9.46. The zero-order valence-corrected chi connectivity index (χ0v) is 17.1. The Morgan fingerprint density at radius 1 is 1.07 bits per heavy atom. The summed E-state index contributed by atoms with van der Waals surface area (Å²) in [6.45, 7) is 5.10. The van der Waals surface area contributed by atoms with E-state index in [2.05, 4.69) is 13.8 Å². The fourth-order valence-electron chi connectivity index (χ4n) is 8.00. The van der Waals surface area contributed by atoms with E-state index in [1.165, 1.54) is 0 Å². The normalized spacial score (nSPS) is 53.3. The summed E-state index contributed by atoms with van der Waals surface area (Å²) in [6.07, 6.45) is 9.51. The Morgan fingerprint density at radius 3 is 2.69 bits per heavy atom. The van der Waals surface area contributed by atoms with Crippen LogP contribution in [0.3, 0.4) is 0 Å². The summed E-state index contributed by atoms with van der Waals surface area (Å²) in [5, 5.41) is 0. The molecule has 2 aliphatic heterocycles. The summed E-state index contributed by atoms with van der Waals surface area (Å²) in [5.74, 6) is -0.00208. The van der Waals surface area contributed by atoms with Gasteiger partial charge in [0.2, 0.25) is 5.79 Å². The lowest BCUT2D eigenvalue weighted by Crippen LogP contribution is -2.65. The minimum Gasteiger partial charge on any atom is -0.350 e. The Hall–Kier alpha value is -1.34. The van der Waals surface area contributed by atoms with E-state index in [0.29, 0.717) is 18.9 Å². The van der Waals surface area contributed by atoms with E-state index in [1.807, 2.05) is 6.08 Å². The molecule has 2 spiro atoms. The number of fused-ring (bicyclic) bond motifs is 7. The van der Waals surface area contributed by atoms with Crippen LogP contribution in [0.2, 0.25) is 0 Å². The van der Waals surface area contributed by atoms with Crippen molar-refractivity contribution >= 4 is 11.6 Å². The Bertz CT molecular complexity index is 848. The molecule has 156 valence electrons. The van der Waals surface area contributed by atoms with Crippen LogP contribution in [0, 0.1) is 28.6 Å². The first-order chi connectivity index (χ1) is 13.9. The zero-order chi connectivity index (χ0) is 20.1. The summed E-state index contributed by atoms with van der Waals surface area (Å²) >= 11 is 0. The predicted octanol–water partition coefficient (Wildman–Crippen LogP) is 2.92. The highest BCUT2D eigenvalue weighted by molar-refractivity contribution is 6.01. The Kier molecular flexibility index (Phi) is 3.60. The maximum Gasteiger partial charge on any atom is 0.226 e. The molecule has 0 N–H and O–H groups in total. The van der Waals surface area contributed by atoms with Gasteiger partial charge in [0.1, 0.15) is 18.0 Å². The Morgan fingerprint density at radius 2 is 1.90 bits per heavy atom. The lowest BCUT2D eigenvalue weighted by Gasteiger charge is -2.58. The van der Waals surface area contributed by atoms with Gasteiger partial charge in [-0.2, -0.15) is 0 Å². The van der Waals surface area contributed by atoms with Crippen molar-refractivity contribution in [3.8, 4) is 0 Å². The highest BCUT2D eigenvalue weighted by atomic mass is 16.9. The minimum absolute atomic E-state index is 0.0423. The molecule has 7 atom stereocenters. The number of hydrogen-bond donors (Lipinski definition) is 0. The topological polar surface area (TPSA) is 71.1 Å². The molecule has 6 rings (SSSR count). The molecule has 2 heterocycles. The third-order valence-corrected chi connectivity index (χ3v) is 9.26. The maximum absolute atomic E-state index is 13.7. The molecule has 0 aromatic rings. The van der Waals surface area contributed by atoms with Gasteiger partial charge in [0, 0.05) is 23.2 Å². The first-order valence-corrected chi connectivity index (χ1v) is 10.8. The van der Waals surface area contributed by atoms with Crippen LogP contribution in [-0.2, 0) is 28.5 Å². The van der Waals surface area contributed by atoms with Crippen LogP contribution in [-0.4, -0.2) is 43.1 Å². The molecule has 2 saturated heterocycles. The molecule has 6 aliphatic rings. The molecular formula is C23H28O6. The Labute approximate surface area is 170 Å². The fraction of sp³-hybridized carbons (Fsp3) is 0.739. The first kappa shape index (κ1) is 18.4. The molecule has 0 aromatic heterocycles. The van der Waals surface area contributed by atoms with Crippen LogP contribution in [0.4, 0.5) is 0 Å². The van der Waals surface area contributed by atoms with Crippen LogP contribution in [0.5, 0.6) is 0 Å². The van der Waals surface area contributed by atoms with Gasteiger partial charge in [-0.25, -0.2) is 0 Å². The highest BCUT2D eigenvalue weighted by Gasteiger charge is 2.76. The largest absolute Gasteiger partial charge is 0.350 e. The molecule has 0 aromatic carbocycles. The number of hydrogen-bond acceptors (Lipinski definition) is 6. The molecule has 6 heteroatoms. The molecule has 0 amide bonds. The van der Waals surface area contributed by atoms with Crippen molar-refractivity contribution in [1.82, 2.24) is 0 Å². The van der Waals surface area contributed by atoms with Crippen LogP contribution in [0.15, 0.2) is 23.8 Å². The molecule has 3 saturated carbocycles. The summed E-state index contributed by atoms with van der Waals surface area (Å²) in [6, 6.07) is 0. The van der Waals surface area contributed by atoms with E-state index in [4.69, 9.17) is 18.9 Å². The van der Waals surface area contributed by atoms with E-state index in [-0.39, 0.29) is 47.8 Å². The number of carbonyl (C=O) groups excluding carboxylic acids is 2. The smallest absolute Gasteiger partial charge is 0.226 e. The number of ketones is 2. The highest BCUT2D eigenvalue weighted by Crippen LogP contribution is 2.70. The molecule has 0 unspecified atom stereocenters. The van der Waals surface area contributed by atoms with E-state index in [1.54, 1.807) is 12.2 Å². The van der Waals surface area contributed by atoms with Gasteiger partial charge in [-0.1, -0.05) is 25.5 Å². The number of ether oxygens (including phenoxy) is 4. The maximum atomic E-state index is 13.7. The van der Waals surface area contributed by atoms with Gasteiger partial charge < -0.3 is 18.9 Å². The van der Waals surface area contributed by atoms with Crippen molar-refractivity contribution in [3.05, 3.63) is 23.8 Å². The number of rotatable bonds is 0. The fourth-order valence-corrected chi connectivity index (χ4v) is 8.00. The quantitative estimate of drug-likeness (QED) is 0.623. The van der Waals surface area contributed by atoms with Crippen molar-refractivity contribution in [2.24, 2.45) is 28.6 Å². The second-order valence-electron chi connectivity index (χ2n) is 10.2. The summed E-state index contributed by atoms with van der Waals surface area (Å²) in [7, 11) is 0. The minimum atomic E-state index is -0.898. The van der Waals surface area contributed by atoms with Crippen LogP contribution in [0.25, 0.3) is 0 Å². The average molecular weight is 400 g/mol. The number of allylic oxidation sites excluding steroid dienone is 4. The molecule has 0 bridgehead atoms. The molecule has 0 radical (unpaired) electrons.